The van der Waals surface area contributed by atoms with E-state index >= 15 is 0 Å². The van der Waals surface area contributed by atoms with Gasteiger partial charge < -0.3 is 20.4 Å². The summed E-state index contributed by atoms with van der Waals surface area (Å²) in [6.45, 7) is 1.32. The molecule has 128 valence electrons. The molecule has 6 nitrogen and oxygen atoms in total. The number of alkyl halides is 3. The molecule has 1 aliphatic heterocycles. The Bertz CT molecular complexity index is 779. The van der Waals surface area contributed by atoms with E-state index in [0.717, 1.165) is 6.54 Å². The minimum Gasteiger partial charge on any atom is -0.417 e. The average Bonchev–Trinajstić information content (AvgIpc) is 3.14. The van der Waals surface area contributed by atoms with Crippen molar-refractivity contribution in [1.29, 1.82) is 0 Å². The van der Waals surface area contributed by atoms with Gasteiger partial charge in [0, 0.05) is 23.5 Å². The lowest BCUT2D eigenvalue weighted by Gasteiger charge is -2.12. The number of aromatic amines is 1. The number of para-hydroxylation sites is 1. The molecule has 0 radical (unpaired) electrons. The molecule has 1 saturated heterocycles. The number of carbonyl (C=O) groups excluding carboxylic acids is 2. The van der Waals surface area contributed by atoms with Gasteiger partial charge in [-0.05, 0) is 25.1 Å². The minimum atomic E-state index is -5.15. The molecule has 0 saturated carbocycles. The third kappa shape index (κ3) is 3.21. The number of hydrogen-bond acceptors (Lipinski definition) is 4. The molecule has 1 fully saturated rings. The number of benzene rings is 1. The Balaban J connectivity index is 1.95. The number of esters is 1. The highest BCUT2D eigenvalue weighted by Crippen LogP contribution is 2.32. The number of H-pyrrole nitrogens is 1. The number of carbonyl (C=O) groups is 2. The molecular formula is C15H14F3N3O3. The van der Waals surface area contributed by atoms with E-state index in [2.05, 4.69) is 20.4 Å². The van der Waals surface area contributed by atoms with E-state index in [4.69, 9.17) is 0 Å². The Labute approximate surface area is 134 Å². The van der Waals surface area contributed by atoms with Crippen molar-refractivity contribution in [3.8, 4) is 5.75 Å². The van der Waals surface area contributed by atoms with Crippen molar-refractivity contribution in [2.45, 2.75) is 18.6 Å². The molecule has 1 atom stereocenters. The van der Waals surface area contributed by atoms with Gasteiger partial charge in [0.25, 0.3) is 5.91 Å². The van der Waals surface area contributed by atoms with E-state index in [1.807, 2.05) is 0 Å². The molecule has 1 amide bonds. The summed E-state index contributed by atoms with van der Waals surface area (Å²) in [5.41, 5.74) is 0.192. The first-order valence-electron chi connectivity index (χ1n) is 7.27. The van der Waals surface area contributed by atoms with Crippen LogP contribution in [0.5, 0.6) is 5.75 Å². The van der Waals surface area contributed by atoms with Crippen LogP contribution in [0.25, 0.3) is 10.9 Å². The normalized spacial score (nSPS) is 17.9. The lowest BCUT2D eigenvalue weighted by Crippen LogP contribution is -2.37. The molecule has 3 N–H and O–H groups in total. The molecule has 0 aliphatic carbocycles. The number of amides is 1. The Morgan fingerprint density at radius 3 is 2.67 bits per heavy atom. The van der Waals surface area contributed by atoms with Crippen LogP contribution < -0.4 is 15.4 Å². The molecular weight excluding hydrogens is 327 g/mol. The third-order valence-electron chi connectivity index (χ3n) is 3.71. The number of nitrogens with one attached hydrogen (secondary N) is 3. The van der Waals surface area contributed by atoms with Crippen LogP contribution in [0.3, 0.4) is 0 Å². The topological polar surface area (TPSA) is 83.2 Å². The molecule has 1 aliphatic rings. The predicted octanol–water partition coefficient (Wildman–Crippen LogP) is 1.73. The van der Waals surface area contributed by atoms with Crippen molar-refractivity contribution >= 4 is 22.8 Å². The number of ether oxygens (including phenoxy) is 1. The van der Waals surface area contributed by atoms with Crippen LogP contribution in [0.1, 0.15) is 16.9 Å². The second-order valence-corrected chi connectivity index (χ2v) is 5.43. The fourth-order valence-electron chi connectivity index (χ4n) is 2.57. The summed E-state index contributed by atoms with van der Waals surface area (Å²) >= 11 is 0. The number of aromatic nitrogens is 1. The summed E-state index contributed by atoms with van der Waals surface area (Å²) in [7, 11) is 0. The predicted molar refractivity (Wildman–Crippen MR) is 78.7 cm³/mol. The number of halogens is 3. The van der Waals surface area contributed by atoms with Gasteiger partial charge in [0.15, 0.2) is 5.75 Å². The van der Waals surface area contributed by atoms with Gasteiger partial charge in [-0.3, -0.25) is 4.79 Å². The number of hydrogen-bond donors (Lipinski definition) is 3. The Morgan fingerprint density at radius 1 is 1.25 bits per heavy atom. The number of rotatable bonds is 3. The molecule has 1 aromatic heterocycles. The first kappa shape index (κ1) is 16.3. The first-order chi connectivity index (χ1) is 11.4. The van der Waals surface area contributed by atoms with Crippen molar-refractivity contribution in [3.05, 3.63) is 30.0 Å². The van der Waals surface area contributed by atoms with Crippen LogP contribution in [0, 0.1) is 0 Å². The van der Waals surface area contributed by atoms with Crippen LogP contribution in [0.2, 0.25) is 0 Å². The minimum absolute atomic E-state index is 0.130. The molecule has 9 heteroatoms. The Hall–Kier alpha value is -2.55. The lowest BCUT2D eigenvalue weighted by molar-refractivity contribution is -0.189. The van der Waals surface area contributed by atoms with E-state index in [1.54, 1.807) is 18.2 Å². The molecule has 24 heavy (non-hydrogen) atoms. The summed E-state index contributed by atoms with van der Waals surface area (Å²) in [6, 6.07) is 6.14. The summed E-state index contributed by atoms with van der Waals surface area (Å²) in [5, 5.41) is 5.99. The van der Waals surface area contributed by atoms with Gasteiger partial charge in [-0.1, -0.05) is 12.1 Å². The third-order valence-corrected chi connectivity index (χ3v) is 3.71. The fraction of sp³-hybridized carbons (Fsp3) is 0.333. The molecule has 0 bridgehead atoms. The second kappa shape index (κ2) is 6.16. The summed E-state index contributed by atoms with van der Waals surface area (Å²) in [4.78, 5) is 26.3. The molecule has 0 spiro atoms. The molecule has 2 aromatic rings. The average molecular weight is 341 g/mol. The van der Waals surface area contributed by atoms with Crippen LogP contribution in [0.15, 0.2) is 24.3 Å². The maximum atomic E-state index is 12.5. The molecule has 1 unspecified atom stereocenters. The van der Waals surface area contributed by atoms with Gasteiger partial charge in [0.1, 0.15) is 5.69 Å². The van der Waals surface area contributed by atoms with Crippen LogP contribution in [-0.2, 0) is 4.79 Å². The largest absolute Gasteiger partial charge is 0.491 e. The summed E-state index contributed by atoms with van der Waals surface area (Å²) in [5.74, 6) is -3.41. The van der Waals surface area contributed by atoms with Gasteiger partial charge in [0.2, 0.25) is 0 Å². The molecule has 2 heterocycles. The SMILES string of the molecule is O=C(NC1CCNC1)c1[nH]c2ccccc2c1OC(=O)C(F)(F)F. The van der Waals surface area contributed by atoms with Crippen LogP contribution in [-0.4, -0.2) is 42.2 Å². The highest BCUT2D eigenvalue weighted by atomic mass is 19.4. The maximum absolute atomic E-state index is 12.5. The van der Waals surface area contributed by atoms with Crippen LogP contribution >= 0.6 is 0 Å². The number of fused-ring (bicyclic) bond motifs is 1. The lowest BCUT2D eigenvalue weighted by atomic mass is 10.2. The first-order valence-corrected chi connectivity index (χ1v) is 7.27. The zero-order valence-electron chi connectivity index (χ0n) is 12.4. The fourth-order valence-corrected chi connectivity index (χ4v) is 2.57. The van der Waals surface area contributed by atoms with Gasteiger partial charge in [0.05, 0.1) is 0 Å². The quantitative estimate of drug-likeness (QED) is 0.743. The van der Waals surface area contributed by atoms with E-state index < -0.39 is 23.8 Å². The Kier molecular flexibility index (Phi) is 4.18. The van der Waals surface area contributed by atoms with Gasteiger partial charge >= 0.3 is 12.1 Å². The van der Waals surface area contributed by atoms with Crippen molar-refractivity contribution < 1.29 is 27.5 Å². The Morgan fingerprint density at radius 2 is 2.00 bits per heavy atom. The standard InChI is InChI=1S/C15H14F3N3O3/c16-15(17,18)14(23)24-12-9-3-1-2-4-10(9)21-11(12)13(22)20-8-5-6-19-7-8/h1-4,8,19,21H,5-7H2,(H,20,22). The van der Waals surface area contributed by atoms with Gasteiger partial charge in [-0.2, -0.15) is 13.2 Å². The van der Waals surface area contributed by atoms with Gasteiger partial charge in [-0.15, -0.1) is 0 Å². The van der Waals surface area contributed by atoms with E-state index in [0.29, 0.717) is 18.5 Å². The highest BCUT2D eigenvalue weighted by Gasteiger charge is 2.42. The zero-order valence-corrected chi connectivity index (χ0v) is 12.4. The monoisotopic (exact) mass is 341 g/mol. The highest BCUT2D eigenvalue weighted by molar-refractivity contribution is 6.04. The second-order valence-electron chi connectivity index (χ2n) is 5.43. The van der Waals surface area contributed by atoms with Crippen LogP contribution in [0.4, 0.5) is 13.2 Å². The van der Waals surface area contributed by atoms with E-state index in [1.165, 1.54) is 6.07 Å². The van der Waals surface area contributed by atoms with E-state index in [-0.39, 0.29) is 17.1 Å². The molecule has 3 rings (SSSR count). The van der Waals surface area contributed by atoms with Crippen molar-refractivity contribution in [3.63, 3.8) is 0 Å². The smallest absolute Gasteiger partial charge is 0.417 e. The van der Waals surface area contributed by atoms with E-state index in [9.17, 15) is 22.8 Å². The zero-order chi connectivity index (χ0) is 17.3. The molecule has 1 aromatic carbocycles. The maximum Gasteiger partial charge on any atom is 0.491 e. The van der Waals surface area contributed by atoms with Crippen molar-refractivity contribution in [1.82, 2.24) is 15.6 Å². The van der Waals surface area contributed by atoms with Crippen molar-refractivity contribution in [2.24, 2.45) is 0 Å². The van der Waals surface area contributed by atoms with Gasteiger partial charge in [-0.25, -0.2) is 4.79 Å². The van der Waals surface area contributed by atoms with Crippen molar-refractivity contribution in [2.75, 3.05) is 13.1 Å². The summed E-state index contributed by atoms with van der Waals surface area (Å²) in [6.07, 6.45) is -4.44. The summed E-state index contributed by atoms with van der Waals surface area (Å²) < 4.78 is 42.0.